The summed E-state index contributed by atoms with van der Waals surface area (Å²) >= 11 is 0. The van der Waals surface area contributed by atoms with Crippen LogP contribution in [0.4, 0.5) is 18.9 Å². The summed E-state index contributed by atoms with van der Waals surface area (Å²) < 4.78 is 39.9. The van der Waals surface area contributed by atoms with E-state index in [1.807, 2.05) is 28.8 Å². The van der Waals surface area contributed by atoms with Crippen LogP contribution in [-0.4, -0.2) is 25.7 Å². The van der Waals surface area contributed by atoms with Gasteiger partial charge in [-0.3, -0.25) is 9.78 Å². The molecule has 3 aromatic heterocycles. The molecule has 0 saturated heterocycles. The number of fused-ring (bicyclic) bond motifs is 1. The second-order valence-corrected chi connectivity index (χ2v) is 6.30. The molecule has 1 amide bonds. The van der Waals surface area contributed by atoms with Crippen LogP contribution in [0, 0.1) is 0 Å². The summed E-state index contributed by atoms with van der Waals surface area (Å²) in [6, 6.07) is 12.9. The Balaban J connectivity index is 1.63. The molecule has 4 aromatic rings. The molecule has 0 fully saturated rings. The van der Waals surface area contributed by atoms with Crippen LogP contribution in [0.25, 0.3) is 10.9 Å². The number of nitrogens with one attached hydrogen (secondary N) is 1. The van der Waals surface area contributed by atoms with Crippen molar-refractivity contribution < 1.29 is 18.0 Å². The Labute approximate surface area is 163 Å². The van der Waals surface area contributed by atoms with Gasteiger partial charge in [-0.2, -0.15) is 18.3 Å². The minimum absolute atomic E-state index is 0.177. The summed E-state index contributed by atoms with van der Waals surface area (Å²) in [5, 5.41) is 11.1. The smallest absolute Gasteiger partial charge is 0.341 e. The van der Waals surface area contributed by atoms with Crippen LogP contribution in [0.2, 0.25) is 0 Å². The van der Waals surface area contributed by atoms with E-state index in [-0.39, 0.29) is 5.69 Å². The molecule has 6 nitrogen and oxygen atoms in total. The van der Waals surface area contributed by atoms with E-state index in [4.69, 9.17) is 0 Å². The van der Waals surface area contributed by atoms with Gasteiger partial charge in [-0.1, -0.05) is 24.3 Å². The van der Waals surface area contributed by atoms with Gasteiger partial charge in [0, 0.05) is 30.5 Å². The van der Waals surface area contributed by atoms with Crippen LogP contribution in [0.5, 0.6) is 0 Å². The highest BCUT2D eigenvalue weighted by Gasteiger charge is 2.32. The normalized spacial score (nSPS) is 11.6. The number of nitrogens with zero attached hydrogens (tertiary/aromatic N) is 4. The molecule has 0 unspecified atom stereocenters. The van der Waals surface area contributed by atoms with E-state index < -0.39 is 17.8 Å². The van der Waals surface area contributed by atoms with Gasteiger partial charge in [0.15, 0.2) is 5.69 Å². The van der Waals surface area contributed by atoms with Crippen molar-refractivity contribution in [2.24, 2.45) is 0 Å². The number of alkyl halides is 3. The maximum atomic E-state index is 12.7. The molecule has 0 atom stereocenters. The van der Waals surface area contributed by atoms with Gasteiger partial charge in [-0.25, -0.2) is 0 Å². The summed E-state index contributed by atoms with van der Waals surface area (Å²) in [5.74, 6) is -0.405. The van der Waals surface area contributed by atoms with Gasteiger partial charge in [0.1, 0.15) is 5.69 Å². The highest BCUT2D eigenvalue weighted by molar-refractivity contribution is 6.08. The molecule has 0 spiro atoms. The SMILES string of the molecule is O=C(Nc1cn(Cc2ccc(C(F)(F)F)nc2)c2ccccc12)c1cccnn1. The van der Waals surface area contributed by atoms with Crippen molar-refractivity contribution in [3.05, 3.63) is 84.1 Å². The van der Waals surface area contributed by atoms with Gasteiger partial charge in [0.2, 0.25) is 0 Å². The standard InChI is InChI=1S/C20H14F3N5O/c21-20(22,23)18-8-7-13(10-24-18)11-28-12-16(14-4-1-2-6-17(14)28)26-19(29)15-5-3-9-25-27-15/h1-10,12H,11H2,(H,26,29). The summed E-state index contributed by atoms with van der Waals surface area (Å²) in [6.07, 6.45) is -0.0662. The van der Waals surface area contributed by atoms with E-state index in [9.17, 15) is 18.0 Å². The molecule has 9 heteroatoms. The Hall–Kier alpha value is -3.75. The molecule has 3 heterocycles. The summed E-state index contributed by atoms with van der Waals surface area (Å²) in [6.45, 7) is 0.298. The number of carbonyl (C=O) groups excluding carboxylic acids is 1. The zero-order chi connectivity index (χ0) is 20.4. The summed E-state index contributed by atoms with van der Waals surface area (Å²) in [4.78, 5) is 15.9. The van der Waals surface area contributed by atoms with E-state index in [0.29, 0.717) is 17.8 Å². The lowest BCUT2D eigenvalue weighted by atomic mass is 10.2. The Kier molecular flexibility index (Phi) is 4.71. The Morgan fingerprint density at radius 3 is 2.59 bits per heavy atom. The van der Waals surface area contributed by atoms with Gasteiger partial charge < -0.3 is 9.88 Å². The van der Waals surface area contributed by atoms with Crippen LogP contribution in [0.1, 0.15) is 21.7 Å². The molecule has 0 radical (unpaired) electrons. The lowest BCUT2D eigenvalue weighted by molar-refractivity contribution is -0.141. The predicted octanol–water partition coefficient (Wildman–Crippen LogP) is 4.15. The lowest BCUT2D eigenvalue weighted by Crippen LogP contribution is -2.13. The van der Waals surface area contributed by atoms with Gasteiger partial charge in [-0.05, 0) is 29.8 Å². The lowest BCUT2D eigenvalue weighted by Gasteiger charge is -2.08. The highest BCUT2D eigenvalue weighted by Crippen LogP contribution is 2.29. The summed E-state index contributed by atoms with van der Waals surface area (Å²) in [5.41, 5.74) is 1.23. The number of halogens is 3. The molecule has 4 rings (SSSR count). The van der Waals surface area contributed by atoms with Gasteiger partial charge in [-0.15, -0.1) is 5.10 Å². The van der Waals surface area contributed by atoms with Crippen molar-refractivity contribution in [1.29, 1.82) is 0 Å². The number of aromatic nitrogens is 4. The number of rotatable bonds is 4. The first-order valence-electron chi connectivity index (χ1n) is 8.61. The average Bonchev–Trinajstić information content (AvgIpc) is 3.06. The molecule has 0 aliphatic rings. The van der Waals surface area contributed by atoms with Crippen LogP contribution in [0.3, 0.4) is 0 Å². The first-order chi connectivity index (χ1) is 13.9. The van der Waals surface area contributed by atoms with Gasteiger partial charge in [0.05, 0.1) is 11.2 Å². The van der Waals surface area contributed by atoms with Gasteiger partial charge >= 0.3 is 6.18 Å². The molecular weight excluding hydrogens is 383 g/mol. The van der Waals surface area contributed by atoms with E-state index in [2.05, 4.69) is 20.5 Å². The molecule has 0 aliphatic heterocycles. The second-order valence-electron chi connectivity index (χ2n) is 6.30. The van der Waals surface area contributed by atoms with Gasteiger partial charge in [0.25, 0.3) is 5.91 Å². The molecule has 0 bridgehead atoms. The van der Waals surface area contributed by atoms with E-state index in [1.54, 1.807) is 18.3 Å². The van der Waals surface area contributed by atoms with Crippen LogP contribution in [0.15, 0.2) is 67.1 Å². The molecule has 0 aliphatic carbocycles. The first kappa shape index (κ1) is 18.6. The van der Waals surface area contributed by atoms with E-state index in [0.717, 1.165) is 17.0 Å². The fourth-order valence-corrected chi connectivity index (χ4v) is 2.97. The molecule has 1 aromatic carbocycles. The third-order valence-corrected chi connectivity index (χ3v) is 4.31. The zero-order valence-electron chi connectivity index (χ0n) is 14.9. The van der Waals surface area contributed by atoms with E-state index in [1.165, 1.54) is 18.5 Å². The number of carbonyl (C=O) groups is 1. The Bertz CT molecular complexity index is 1150. The fraction of sp³-hybridized carbons (Fsp3) is 0.100. The van der Waals surface area contributed by atoms with Crippen molar-refractivity contribution in [3.63, 3.8) is 0 Å². The fourth-order valence-electron chi connectivity index (χ4n) is 2.97. The highest BCUT2D eigenvalue weighted by atomic mass is 19.4. The number of para-hydroxylation sites is 1. The predicted molar refractivity (Wildman–Crippen MR) is 100 cm³/mol. The minimum atomic E-state index is -4.48. The first-order valence-corrected chi connectivity index (χ1v) is 8.61. The van der Waals surface area contributed by atoms with Crippen molar-refractivity contribution >= 4 is 22.5 Å². The van der Waals surface area contributed by atoms with Crippen molar-refractivity contribution in [2.45, 2.75) is 12.7 Å². The van der Waals surface area contributed by atoms with Crippen molar-refractivity contribution in [1.82, 2.24) is 19.7 Å². The Morgan fingerprint density at radius 2 is 1.90 bits per heavy atom. The second kappa shape index (κ2) is 7.34. The molecule has 1 N–H and O–H groups in total. The maximum Gasteiger partial charge on any atom is 0.433 e. The van der Waals surface area contributed by atoms with Crippen LogP contribution >= 0.6 is 0 Å². The third-order valence-electron chi connectivity index (χ3n) is 4.31. The topological polar surface area (TPSA) is 72.7 Å². The molecule has 0 saturated carbocycles. The molecule has 146 valence electrons. The van der Waals surface area contributed by atoms with Crippen molar-refractivity contribution in [2.75, 3.05) is 5.32 Å². The number of amides is 1. The number of benzene rings is 1. The third kappa shape index (κ3) is 3.93. The monoisotopic (exact) mass is 397 g/mol. The minimum Gasteiger partial charge on any atom is -0.341 e. The van der Waals surface area contributed by atoms with Crippen LogP contribution in [-0.2, 0) is 12.7 Å². The largest absolute Gasteiger partial charge is 0.433 e. The van der Waals surface area contributed by atoms with Crippen LogP contribution < -0.4 is 5.32 Å². The maximum absolute atomic E-state index is 12.7. The summed E-state index contributed by atoms with van der Waals surface area (Å²) in [7, 11) is 0. The number of hydrogen-bond donors (Lipinski definition) is 1. The molecule has 29 heavy (non-hydrogen) atoms. The number of pyridine rings is 1. The average molecular weight is 397 g/mol. The number of anilines is 1. The number of hydrogen-bond acceptors (Lipinski definition) is 4. The molecular formula is C20H14F3N5O. The van der Waals surface area contributed by atoms with E-state index >= 15 is 0 Å². The Morgan fingerprint density at radius 1 is 1.07 bits per heavy atom. The quantitative estimate of drug-likeness (QED) is 0.562. The zero-order valence-corrected chi connectivity index (χ0v) is 14.9. The van der Waals surface area contributed by atoms with Crippen molar-refractivity contribution in [3.8, 4) is 0 Å².